The Labute approximate surface area is 118 Å². The van der Waals surface area contributed by atoms with Gasteiger partial charge in [0.15, 0.2) is 6.20 Å². The smallest absolute Gasteiger partial charge is 0.225 e. The van der Waals surface area contributed by atoms with Crippen molar-refractivity contribution in [1.29, 1.82) is 0 Å². The van der Waals surface area contributed by atoms with E-state index in [9.17, 15) is 0 Å². The van der Waals surface area contributed by atoms with Gasteiger partial charge in [-0.2, -0.15) is 9.67 Å². The lowest BCUT2D eigenvalue weighted by atomic mass is 10.3. The fourth-order valence-corrected chi connectivity index (χ4v) is 1.89. The molecule has 0 N–H and O–H groups in total. The van der Waals surface area contributed by atoms with Crippen molar-refractivity contribution in [2.45, 2.75) is 13.5 Å². The molecule has 0 aliphatic heterocycles. The highest BCUT2D eigenvalue weighted by Crippen LogP contribution is 2.16. The van der Waals surface area contributed by atoms with Crippen molar-refractivity contribution in [3.63, 3.8) is 0 Å². The van der Waals surface area contributed by atoms with E-state index in [1.807, 2.05) is 66.9 Å². The van der Waals surface area contributed by atoms with E-state index in [-0.39, 0.29) is 0 Å². The van der Waals surface area contributed by atoms with Gasteiger partial charge < -0.3 is 0 Å². The van der Waals surface area contributed by atoms with E-state index in [0.717, 1.165) is 22.9 Å². The Balaban J connectivity index is 2.15. The van der Waals surface area contributed by atoms with Gasteiger partial charge >= 0.3 is 0 Å². The van der Waals surface area contributed by atoms with Crippen LogP contribution in [0.1, 0.15) is 12.6 Å². The highest BCUT2D eigenvalue weighted by Gasteiger charge is 2.04. The summed E-state index contributed by atoms with van der Waals surface area (Å²) in [7, 11) is 1.92. The zero-order chi connectivity index (χ0) is 13.7. The second-order valence-electron chi connectivity index (χ2n) is 4.16. The van der Waals surface area contributed by atoms with Crippen LogP contribution in [0, 0.1) is 0 Å². The minimum atomic E-state index is 0.730. The number of rotatable bonds is 4. The molecule has 3 nitrogen and oxygen atoms in total. The van der Waals surface area contributed by atoms with E-state index in [0.29, 0.717) is 0 Å². The van der Waals surface area contributed by atoms with Crippen LogP contribution in [0.5, 0.6) is 0 Å². The molecular weight excluding hydrogens is 258 g/mol. The lowest BCUT2D eigenvalue weighted by Gasteiger charge is -2.12. The highest BCUT2D eigenvalue weighted by molar-refractivity contribution is 6.30. The molecule has 2 rings (SSSR count). The zero-order valence-corrected chi connectivity index (χ0v) is 11.9. The van der Waals surface area contributed by atoms with Gasteiger partial charge in [0.1, 0.15) is 12.8 Å². The largest absolute Gasteiger partial charge is 0.268 e. The Morgan fingerprint density at radius 2 is 1.95 bits per heavy atom. The maximum atomic E-state index is 5.87. The number of aryl methyl sites for hydroxylation is 1. The third-order valence-electron chi connectivity index (χ3n) is 2.88. The number of anilines is 1. The average molecular weight is 275 g/mol. The molecule has 1 aromatic heterocycles. The van der Waals surface area contributed by atoms with E-state index < -0.39 is 0 Å². The summed E-state index contributed by atoms with van der Waals surface area (Å²) in [5.41, 5.74) is 2.07. The number of hydrogen-bond donors (Lipinski definition) is 0. The highest BCUT2D eigenvalue weighted by atomic mass is 35.5. The summed E-state index contributed by atoms with van der Waals surface area (Å²) in [6.07, 6.45) is 3.90. The molecule has 0 unspecified atom stereocenters. The summed E-state index contributed by atoms with van der Waals surface area (Å²) < 4.78 is 2.14. The topological polar surface area (TPSA) is 19.5 Å². The van der Waals surface area contributed by atoms with Crippen LogP contribution in [0.25, 0.3) is 0 Å². The Bertz CT molecular complexity index is 564. The van der Waals surface area contributed by atoms with Crippen molar-refractivity contribution in [2.75, 3.05) is 12.1 Å². The fraction of sp³-hybridized carbons (Fsp3) is 0.200. The predicted molar refractivity (Wildman–Crippen MR) is 79.8 cm³/mol. The number of pyridine rings is 1. The molecule has 0 saturated heterocycles. The fourth-order valence-electron chi connectivity index (χ4n) is 1.76. The van der Waals surface area contributed by atoms with E-state index in [1.54, 1.807) is 0 Å². The first-order valence-corrected chi connectivity index (χ1v) is 6.60. The summed E-state index contributed by atoms with van der Waals surface area (Å²) in [5.74, 6) is 0. The quantitative estimate of drug-likeness (QED) is 0.476. The molecular formula is C15H17ClN3+. The van der Waals surface area contributed by atoms with Crippen LogP contribution in [0.15, 0.2) is 53.8 Å². The van der Waals surface area contributed by atoms with Gasteiger partial charge in [-0.25, -0.2) is 0 Å². The predicted octanol–water partition coefficient (Wildman–Crippen LogP) is 3.12. The molecule has 4 heteroatoms. The number of hydrazone groups is 1. The molecule has 0 radical (unpaired) electrons. The van der Waals surface area contributed by atoms with Gasteiger partial charge in [0.05, 0.1) is 5.69 Å². The SMILES string of the molecule is CC[n+]1ccccc1C=NN(C)c1ccc(Cl)cc1. The standard InChI is InChI=1S/C15H17ClN3/c1-3-19-11-5-4-6-15(19)12-17-18(2)14-9-7-13(16)8-10-14/h4-12H,3H2,1-2H3/q+1. The minimum absolute atomic E-state index is 0.730. The van der Waals surface area contributed by atoms with Gasteiger partial charge in [-0.1, -0.05) is 11.6 Å². The number of benzene rings is 1. The van der Waals surface area contributed by atoms with Crippen molar-refractivity contribution in [1.82, 2.24) is 0 Å². The van der Waals surface area contributed by atoms with Gasteiger partial charge in [-0.3, -0.25) is 5.01 Å². The van der Waals surface area contributed by atoms with Crippen molar-refractivity contribution in [3.8, 4) is 0 Å². The van der Waals surface area contributed by atoms with Crippen LogP contribution < -0.4 is 9.58 Å². The summed E-state index contributed by atoms with van der Waals surface area (Å²) in [6, 6.07) is 13.7. The number of halogens is 1. The molecule has 0 aliphatic rings. The van der Waals surface area contributed by atoms with Crippen LogP contribution >= 0.6 is 11.6 Å². The van der Waals surface area contributed by atoms with Gasteiger partial charge in [-0.15, -0.1) is 0 Å². The average Bonchev–Trinajstić information content (AvgIpc) is 2.45. The lowest BCUT2D eigenvalue weighted by Crippen LogP contribution is -2.36. The summed E-state index contributed by atoms with van der Waals surface area (Å²) >= 11 is 5.87. The van der Waals surface area contributed by atoms with Crippen LogP contribution in [0.3, 0.4) is 0 Å². The van der Waals surface area contributed by atoms with Crippen molar-refractivity contribution >= 4 is 23.5 Å². The number of aromatic nitrogens is 1. The Morgan fingerprint density at radius 3 is 2.63 bits per heavy atom. The summed E-state index contributed by atoms with van der Waals surface area (Å²) in [6.45, 7) is 3.03. The molecule has 0 atom stereocenters. The Kier molecular flexibility index (Phi) is 4.53. The van der Waals surface area contributed by atoms with E-state index >= 15 is 0 Å². The monoisotopic (exact) mass is 274 g/mol. The van der Waals surface area contributed by atoms with Gasteiger partial charge in [0, 0.05) is 24.2 Å². The van der Waals surface area contributed by atoms with Crippen LogP contribution in [0.2, 0.25) is 5.02 Å². The first-order valence-electron chi connectivity index (χ1n) is 6.22. The zero-order valence-electron chi connectivity index (χ0n) is 11.1. The maximum Gasteiger partial charge on any atom is 0.225 e. The number of nitrogens with zero attached hydrogens (tertiary/aromatic N) is 3. The van der Waals surface area contributed by atoms with E-state index in [2.05, 4.69) is 16.6 Å². The normalized spacial score (nSPS) is 10.9. The molecule has 0 saturated carbocycles. The van der Waals surface area contributed by atoms with E-state index in [1.165, 1.54) is 0 Å². The van der Waals surface area contributed by atoms with Crippen LogP contribution in [-0.4, -0.2) is 13.3 Å². The molecule has 0 fully saturated rings. The molecule has 0 aliphatic carbocycles. The van der Waals surface area contributed by atoms with Crippen molar-refractivity contribution < 1.29 is 4.57 Å². The van der Waals surface area contributed by atoms with Gasteiger partial charge in [-0.05, 0) is 37.3 Å². The van der Waals surface area contributed by atoms with E-state index in [4.69, 9.17) is 11.6 Å². The number of hydrogen-bond acceptors (Lipinski definition) is 2. The van der Waals surface area contributed by atoms with Gasteiger partial charge in [0.2, 0.25) is 5.69 Å². The maximum absolute atomic E-state index is 5.87. The molecule has 0 bridgehead atoms. The van der Waals surface area contributed by atoms with Crippen LogP contribution in [-0.2, 0) is 6.54 Å². The second kappa shape index (κ2) is 6.34. The van der Waals surface area contributed by atoms with Crippen molar-refractivity contribution in [2.24, 2.45) is 5.10 Å². The molecule has 1 heterocycles. The first-order chi connectivity index (χ1) is 9.20. The van der Waals surface area contributed by atoms with Crippen LogP contribution in [0.4, 0.5) is 5.69 Å². The Hall–Kier alpha value is -1.87. The third kappa shape index (κ3) is 3.55. The van der Waals surface area contributed by atoms with Crippen molar-refractivity contribution in [3.05, 3.63) is 59.4 Å². The van der Waals surface area contributed by atoms with Gasteiger partial charge in [0.25, 0.3) is 0 Å². The molecule has 2 aromatic rings. The minimum Gasteiger partial charge on any atom is -0.268 e. The molecule has 98 valence electrons. The lowest BCUT2D eigenvalue weighted by molar-refractivity contribution is -0.694. The first kappa shape index (κ1) is 13.6. The molecule has 0 amide bonds. The third-order valence-corrected chi connectivity index (χ3v) is 3.13. The molecule has 19 heavy (non-hydrogen) atoms. The summed E-state index contributed by atoms with van der Waals surface area (Å²) in [4.78, 5) is 0. The molecule has 1 aromatic carbocycles. The second-order valence-corrected chi connectivity index (χ2v) is 4.59. The Morgan fingerprint density at radius 1 is 1.21 bits per heavy atom. The summed E-state index contributed by atoms with van der Waals surface area (Å²) in [5, 5.41) is 7.00. The molecule has 0 spiro atoms.